The number of hydrogen-bond donors (Lipinski definition) is 1. The molecule has 86 valence electrons. The number of rotatable bonds is 5. The Kier molecular flexibility index (Phi) is 3.54. The molecule has 1 aromatic rings. The Morgan fingerprint density at radius 1 is 1.31 bits per heavy atom. The lowest BCUT2D eigenvalue weighted by Crippen LogP contribution is -2.25. The summed E-state index contributed by atoms with van der Waals surface area (Å²) in [6, 6.07) is 6.31. The first-order valence-corrected chi connectivity index (χ1v) is 5.75. The molecule has 1 aliphatic rings. The van der Waals surface area contributed by atoms with E-state index in [0.717, 1.165) is 18.0 Å². The second kappa shape index (κ2) is 5.10. The number of aryl methyl sites for hydroxylation is 1. The SMILES string of the molecule is O=C(CCc1ccc(F)cc1)NCC1CC1. The third-order valence-electron chi connectivity index (χ3n) is 2.84. The predicted octanol–water partition coefficient (Wildman–Crippen LogP) is 2.28. The third-order valence-corrected chi connectivity index (χ3v) is 2.84. The predicted molar refractivity (Wildman–Crippen MR) is 60.5 cm³/mol. The molecule has 2 rings (SSSR count). The van der Waals surface area contributed by atoms with Gasteiger partial charge in [0.25, 0.3) is 0 Å². The highest BCUT2D eigenvalue weighted by Gasteiger charge is 2.21. The van der Waals surface area contributed by atoms with Gasteiger partial charge in [-0.25, -0.2) is 4.39 Å². The van der Waals surface area contributed by atoms with E-state index in [4.69, 9.17) is 0 Å². The van der Waals surface area contributed by atoms with Crippen LogP contribution in [0.1, 0.15) is 24.8 Å². The number of amides is 1. The molecule has 0 bridgehead atoms. The van der Waals surface area contributed by atoms with E-state index in [0.29, 0.717) is 12.8 Å². The molecular formula is C13H16FNO. The molecule has 0 spiro atoms. The smallest absolute Gasteiger partial charge is 0.220 e. The van der Waals surface area contributed by atoms with Crippen LogP contribution >= 0.6 is 0 Å². The lowest BCUT2D eigenvalue weighted by atomic mass is 10.1. The van der Waals surface area contributed by atoms with Gasteiger partial charge in [-0.15, -0.1) is 0 Å². The second-order valence-electron chi connectivity index (χ2n) is 4.37. The van der Waals surface area contributed by atoms with E-state index in [1.165, 1.54) is 25.0 Å². The summed E-state index contributed by atoms with van der Waals surface area (Å²) in [6.07, 6.45) is 3.66. The second-order valence-corrected chi connectivity index (χ2v) is 4.37. The molecule has 16 heavy (non-hydrogen) atoms. The van der Waals surface area contributed by atoms with Crippen LogP contribution in [0.3, 0.4) is 0 Å². The van der Waals surface area contributed by atoms with Crippen molar-refractivity contribution in [3.05, 3.63) is 35.6 Å². The van der Waals surface area contributed by atoms with Gasteiger partial charge in [-0.3, -0.25) is 4.79 Å². The Bertz CT molecular complexity index is 357. The summed E-state index contributed by atoms with van der Waals surface area (Å²) in [5, 5.41) is 2.91. The van der Waals surface area contributed by atoms with Gasteiger partial charge in [0.15, 0.2) is 0 Å². The van der Waals surface area contributed by atoms with Crippen molar-refractivity contribution in [2.75, 3.05) is 6.54 Å². The van der Waals surface area contributed by atoms with Crippen molar-refractivity contribution in [2.24, 2.45) is 5.92 Å². The van der Waals surface area contributed by atoms with Gasteiger partial charge in [0.1, 0.15) is 5.82 Å². The molecule has 1 amide bonds. The minimum Gasteiger partial charge on any atom is -0.356 e. The first kappa shape index (κ1) is 11.1. The fourth-order valence-corrected chi connectivity index (χ4v) is 1.58. The molecule has 2 nitrogen and oxygen atoms in total. The molecule has 0 saturated heterocycles. The minimum atomic E-state index is -0.234. The van der Waals surface area contributed by atoms with Gasteiger partial charge in [-0.1, -0.05) is 12.1 Å². The highest BCUT2D eigenvalue weighted by atomic mass is 19.1. The summed E-state index contributed by atoms with van der Waals surface area (Å²) in [7, 11) is 0. The van der Waals surface area contributed by atoms with Gasteiger partial charge in [0.2, 0.25) is 5.91 Å². The lowest BCUT2D eigenvalue weighted by molar-refractivity contribution is -0.121. The van der Waals surface area contributed by atoms with Crippen LogP contribution in [0.25, 0.3) is 0 Å². The minimum absolute atomic E-state index is 0.0937. The van der Waals surface area contributed by atoms with E-state index in [1.807, 2.05) is 0 Å². The largest absolute Gasteiger partial charge is 0.356 e. The highest BCUT2D eigenvalue weighted by molar-refractivity contribution is 5.76. The van der Waals surface area contributed by atoms with Gasteiger partial charge in [0, 0.05) is 13.0 Å². The summed E-state index contributed by atoms with van der Waals surface area (Å²) in [6.45, 7) is 0.822. The summed E-state index contributed by atoms with van der Waals surface area (Å²) in [5.41, 5.74) is 1.00. The molecule has 0 atom stereocenters. The van der Waals surface area contributed by atoms with Gasteiger partial charge in [-0.05, 0) is 42.9 Å². The van der Waals surface area contributed by atoms with Crippen molar-refractivity contribution in [1.82, 2.24) is 5.32 Å². The van der Waals surface area contributed by atoms with Crippen LogP contribution in [0.2, 0.25) is 0 Å². The van der Waals surface area contributed by atoms with Crippen LogP contribution in [-0.2, 0) is 11.2 Å². The monoisotopic (exact) mass is 221 g/mol. The van der Waals surface area contributed by atoms with Crippen molar-refractivity contribution in [3.8, 4) is 0 Å². The van der Waals surface area contributed by atoms with Gasteiger partial charge < -0.3 is 5.32 Å². The number of carbonyl (C=O) groups excluding carboxylic acids is 1. The van der Waals surface area contributed by atoms with Crippen molar-refractivity contribution in [1.29, 1.82) is 0 Å². The molecule has 0 radical (unpaired) electrons. The Morgan fingerprint density at radius 2 is 2.00 bits per heavy atom. The third kappa shape index (κ3) is 3.65. The van der Waals surface area contributed by atoms with E-state index >= 15 is 0 Å². The zero-order chi connectivity index (χ0) is 11.4. The summed E-state index contributed by atoms with van der Waals surface area (Å²) >= 11 is 0. The van der Waals surface area contributed by atoms with Crippen molar-refractivity contribution < 1.29 is 9.18 Å². The molecule has 1 fully saturated rings. The van der Waals surface area contributed by atoms with Crippen molar-refractivity contribution in [3.63, 3.8) is 0 Å². The Balaban J connectivity index is 1.69. The first-order valence-electron chi connectivity index (χ1n) is 5.75. The number of hydrogen-bond acceptors (Lipinski definition) is 1. The number of halogens is 1. The van der Waals surface area contributed by atoms with Crippen molar-refractivity contribution >= 4 is 5.91 Å². The van der Waals surface area contributed by atoms with Gasteiger partial charge >= 0.3 is 0 Å². The first-order chi connectivity index (χ1) is 7.74. The summed E-state index contributed by atoms with van der Waals surface area (Å²) < 4.78 is 12.6. The molecule has 1 saturated carbocycles. The molecule has 3 heteroatoms. The molecule has 0 aromatic heterocycles. The number of benzene rings is 1. The van der Waals surface area contributed by atoms with Crippen LogP contribution in [0, 0.1) is 11.7 Å². The molecule has 1 aromatic carbocycles. The van der Waals surface area contributed by atoms with Crippen LogP contribution in [0.15, 0.2) is 24.3 Å². The molecular weight excluding hydrogens is 205 g/mol. The standard InChI is InChI=1S/C13H16FNO/c14-12-6-3-10(4-7-12)5-8-13(16)15-9-11-1-2-11/h3-4,6-7,11H,1-2,5,8-9H2,(H,15,16). The van der Waals surface area contributed by atoms with E-state index in [1.54, 1.807) is 12.1 Å². The molecule has 1 aliphatic carbocycles. The van der Waals surface area contributed by atoms with Crippen LogP contribution in [0.5, 0.6) is 0 Å². The molecule has 1 N–H and O–H groups in total. The highest BCUT2D eigenvalue weighted by Crippen LogP contribution is 2.27. The van der Waals surface area contributed by atoms with Gasteiger partial charge in [0.05, 0.1) is 0 Å². The van der Waals surface area contributed by atoms with E-state index in [2.05, 4.69) is 5.32 Å². The average molecular weight is 221 g/mol. The van der Waals surface area contributed by atoms with E-state index in [9.17, 15) is 9.18 Å². The number of nitrogens with one attached hydrogen (secondary N) is 1. The maximum atomic E-state index is 12.6. The molecule has 0 aliphatic heterocycles. The Hall–Kier alpha value is -1.38. The van der Waals surface area contributed by atoms with Crippen LogP contribution < -0.4 is 5.32 Å². The quantitative estimate of drug-likeness (QED) is 0.812. The van der Waals surface area contributed by atoms with Crippen LogP contribution in [-0.4, -0.2) is 12.5 Å². The van der Waals surface area contributed by atoms with E-state index in [-0.39, 0.29) is 11.7 Å². The van der Waals surface area contributed by atoms with Gasteiger partial charge in [-0.2, -0.15) is 0 Å². The summed E-state index contributed by atoms with van der Waals surface area (Å²) in [5.74, 6) is 0.577. The Labute approximate surface area is 94.9 Å². The lowest BCUT2D eigenvalue weighted by Gasteiger charge is -2.04. The molecule has 0 unspecified atom stereocenters. The maximum Gasteiger partial charge on any atom is 0.220 e. The van der Waals surface area contributed by atoms with E-state index < -0.39 is 0 Å². The zero-order valence-corrected chi connectivity index (χ0v) is 9.21. The van der Waals surface area contributed by atoms with Crippen LogP contribution in [0.4, 0.5) is 4.39 Å². The summed E-state index contributed by atoms with van der Waals surface area (Å²) in [4.78, 5) is 11.4. The fourth-order valence-electron chi connectivity index (χ4n) is 1.58. The zero-order valence-electron chi connectivity index (χ0n) is 9.21. The maximum absolute atomic E-state index is 12.6. The number of carbonyl (C=O) groups is 1. The van der Waals surface area contributed by atoms with Crippen molar-refractivity contribution in [2.45, 2.75) is 25.7 Å². The Morgan fingerprint density at radius 3 is 2.62 bits per heavy atom. The topological polar surface area (TPSA) is 29.1 Å². The average Bonchev–Trinajstić information content (AvgIpc) is 3.09. The fraction of sp³-hybridized carbons (Fsp3) is 0.462. The molecule has 0 heterocycles. The normalized spacial score (nSPS) is 14.8.